The number of sulfonamides is 1. The van der Waals surface area contributed by atoms with Crippen molar-refractivity contribution in [1.29, 1.82) is 0 Å². The molecule has 0 saturated carbocycles. The van der Waals surface area contributed by atoms with Crippen LogP contribution >= 0.6 is 0 Å². The molecule has 0 aromatic heterocycles. The molecule has 7 heteroatoms. The van der Waals surface area contributed by atoms with Crippen molar-refractivity contribution < 1.29 is 17.5 Å². The van der Waals surface area contributed by atoms with Crippen molar-refractivity contribution in [2.24, 2.45) is 0 Å². The average Bonchev–Trinajstić information content (AvgIpc) is 2.28. The molecule has 0 aliphatic carbocycles. The Labute approximate surface area is 119 Å². The van der Waals surface area contributed by atoms with Gasteiger partial charge in [-0.05, 0) is 19.9 Å². The fraction of sp³-hybridized carbons (Fsp3) is 0.538. The van der Waals surface area contributed by atoms with Crippen LogP contribution in [0.25, 0.3) is 0 Å². The van der Waals surface area contributed by atoms with Crippen molar-refractivity contribution in [3.8, 4) is 5.75 Å². The molecular weight excluding hydrogens is 283 g/mol. The third-order valence-electron chi connectivity index (χ3n) is 2.61. The number of halogens is 1. The van der Waals surface area contributed by atoms with E-state index in [1.165, 1.54) is 7.11 Å². The minimum atomic E-state index is -3.28. The minimum Gasteiger partial charge on any atom is -0.494 e. The summed E-state index contributed by atoms with van der Waals surface area (Å²) < 4.78 is 43.7. The van der Waals surface area contributed by atoms with E-state index in [2.05, 4.69) is 10.0 Å². The highest BCUT2D eigenvalue weighted by Crippen LogP contribution is 2.19. The number of methoxy groups -OCH3 is 1. The first-order valence-electron chi connectivity index (χ1n) is 6.16. The summed E-state index contributed by atoms with van der Waals surface area (Å²) in [4.78, 5) is 0. The molecule has 2 N–H and O–H groups in total. The van der Waals surface area contributed by atoms with E-state index in [0.29, 0.717) is 12.1 Å². The van der Waals surface area contributed by atoms with Crippen LogP contribution in [0.3, 0.4) is 0 Å². The van der Waals surface area contributed by atoms with E-state index in [-0.39, 0.29) is 12.3 Å². The summed E-state index contributed by atoms with van der Waals surface area (Å²) in [5, 5.41) is 3.03. The van der Waals surface area contributed by atoms with E-state index in [1.54, 1.807) is 32.0 Å². The lowest BCUT2D eigenvalue weighted by Gasteiger charge is -2.25. The second kappa shape index (κ2) is 6.51. The van der Waals surface area contributed by atoms with Crippen LogP contribution in [0.2, 0.25) is 0 Å². The molecule has 0 amide bonds. The summed E-state index contributed by atoms with van der Waals surface area (Å²) in [6.07, 6.45) is 1.11. The molecule has 0 radical (unpaired) electrons. The Morgan fingerprint density at radius 2 is 2.00 bits per heavy atom. The van der Waals surface area contributed by atoms with Crippen molar-refractivity contribution in [2.45, 2.75) is 25.9 Å². The van der Waals surface area contributed by atoms with Gasteiger partial charge in [-0.1, -0.05) is 12.1 Å². The van der Waals surface area contributed by atoms with Gasteiger partial charge in [-0.3, -0.25) is 0 Å². The normalized spacial score (nSPS) is 12.4. The van der Waals surface area contributed by atoms with Crippen LogP contribution in [-0.2, 0) is 16.6 Å². The van der Waals surface area contributed by atoms with Crippen molar-refractivity contribution >= 4 is 10.0 Å². The molecule has 114 valence electrons. The molecule has 1 aromatic carbocycles. The molecule has 20 heavy (non-hydrogen) atoms. The quantitative estimate of drug-likeness (QED) is 0.795. The maximum absolute atomic E-state index is 13.9. The van der Waals surface area contributed by atoms with Crippen LogP contribution in [0.4, 0.5) is 4.39 Å². The maximum Gasteiger partial charge on any atom is 0.209 e. The zero-order valence-electron chi connectivity index (χ0n) is 12.2. The molecule has 1 aromatic rings. The Bertz CT molecular complexity index is 559. The van der Waals surface area contributed by atoms with E-state index in [1.807, 2.05) is 0 Å². The fourth-order valence-corrected chi connectivity index (χ4v) is 2.97. The molecule has 0 unspecified atom stereocenters. The molecule has 0 atom stereocenters. The van der Waals surface area contributed by atoms with Gasteiger partial charge in [-0.25, -0.2) is 17.5 Å². The zero-order valence-corrected chi connectivity index (χ0v) is 13.0. The maximum atomic E-state index is 13.9. The van der Waals surface area contributed by atoms with Gasteiger partial charge in [0.15, 0.2) is 11.6 Å². The second-order valence-electron chi connectivity index (χ2n) is 5.30. The first kappa shape index (κ1) is 16.9. The highest BCUT2D eigenvalue weighted by molar-refractivity contribution is 7.88. The Hall–Kier alpha value is -1.18. The SMILES string of the molecule is COc1cccc(CNCC(C)(C)NS(C)(=O)=O)c1F. The molecule has 0 saturated heterocycles. The first-order valence-corrected chi connectivity index (χ1v) is 8.05. The summed E-state index contributed by atoms with van der Waals surface area (Å²) >= 11 is 0. The van der Waals surface area contributed by atoms with E-state index in [4.69, 9.17) is 4.74 Å². The Kier molecular flexibility index (Phi) is 5.50. The molecule has 0 fully saturated rings. The fourth-order valence-electron chi connectivity index (χ4n) is 1.90. The van der Waals surface area contributed by atoms with Crippen LogP contribution in [0.1, 0.15) is 19.4 Å². The van der Waals surface area contributed by atoms with E-state index in [0.717, 1.165) is 6.26 Å². The minimum absolute atomic E-state index is 0.192. The lowest BCUT2D eigenvalue weighted by atomic mass is 10.1. The summed E-state index contributed by atoms with van der Waals surface area (Å²) in [6.45, 7) is 4.17. The molecule has 0 aliphatic rings. The van der Waals surface area contributed by atoms with Crippen molar-refractivity contribution in [3.05, 3.63) is 29.6 Å². The van der Waals surface area contributed by atoms with Crippen LogP contribution < -0.4 is 14.8 Å². The third kappa shape index (κ3) is 5.44. The summed E-state index contributed by atoms with van der Waals surface area (Å²) in [6, 6.07) is 4.91. The van der Waals surface area contributed by atoms with Crippen LogP contribution in [0.15, 0.2) is 18.2 Å². The smallest absolute Gasteiger partial charge is 0.209 e. The topological polar surface area (TPSA) is 67.4 Å². The summed E-state index contributed by atoms with van der Waals surface area (Å²) in [7, 11) is -1.87. The van der Waals surface area contributed by atoms with E-state index in [9.17, 15) is 12.8 Å². The molecule has 0 bridgehead atoms. The van der Waals surface area contributed by atoms with Gasteiger partial charge in [-0.2, -0.15) is 0 Å². The predicted molar refractivity (Wildman–Crippen MR) is 76.7 cm³/mol. The highest BCUT2D eigenvalue weighted by Gasteiger charge is 2.21. The second-order valence-corrected chi connectivity index (χ2v) is 7.04. The first-order chi connectivity index (χ1) is 9.14. The Morgan fingerprint density at radius 1 is 1.35 bits per heavy atom. The van der Waals surface area contributed by atoms with Crippen molar-refractivity contribution in [3.63, 3.8) is 0 Å². The molecule has 5 nitrogen and oxygen atoms in total. The highest BCUT2D eigenvalue weighted by atomic mass is 32.2. The number of benzene rings is 1. The van der Waals surface area contributed by atoms with Gasteiger partial charge in [-0.15, -0.1) is 0 Å². The van der Waals surface area contributed by atoms with Gasteiger partial charge in [0, 0.05) is 24.2 Å². The van der Waals surface area contributed by atoms with Gasteiger partial charge >= 0.3 is 0 Å². The number of hydrogen-bond donors (Lipinski definition) is 2. The van der Waals surface area contributed by atoms with Gasteiger partial charge in [0.25, 0.3) is 0 Å². The molecule has 1 rings (SSSR count). The number of rotatable bonds is 7. The van der Waals surface area contributed by atoms with Crippen LogP contribution in [-0.4, -0.2) is 33.9 Å². The molecule has 0 aliphatic heterocycles. The number of nitrogens with one attached hydrogen (secondary N) is 2. The van der Waals surface area contributed by atoms with Crippen LogP contribution in [0, 0.1) is 5.82 Å². The van der Waals surface area contributed by atoms with E-state index < -0.39 is 21.4 Å². The lowest BCUT2D eigenvalue weighted by molar-refractivity contribution is 0.381. The lowest BCUT2D eigenvalue weighted by Crippen LogP contribution is -2.49. The standard InChI is InChI=1S/C13H21FN2O3S/c1-13(2,16-20(4,17)18)9-15-8-10-6-5-7-11(19-3)12(10)14/h5-7,15-16H,8-9H2,1-4H3. The summed E-state index contributed by atoms with van der Waals surface area (Å²) in [5.41, 5.74) is -0.178. The molecule has 0 heterocycles. The van der Waals surface area contributed by atoms with Gasteiger partial charge in [0.1, 0.15) is 0 Å². The Morgan fingerprint density at radius 3 is 2.55 bits per heavy atom. The molecular formula is C13H21FN2O3S. The third-order valence-corrected chi connectivity index (χ3v) is 3.53. The summed E-state index contributed by atoms with van der Waals surface area (Å²) in [5.74, 6) is -0.214. The number of ether oxygens (including phenoxy) is 1. The zero-order chi connectivity index (χ0) is 15.4. The van der Waals surface area contributed by atoms with Crippen molar-refractivity contribution in [1.82, 2.24) is 10.0 Å². The van der Waals surface area contributed by atoms with Gasteiger partial charge in [0.2, 0.25) is 10.0 Å². The van der Waals surface area contributed by atoms with Gasteiger partial charge < -0.3 is 10.1 Å². The predicted octanol–water partition coefficient (Wildman–Crippen LogP) is 1.25. The monoisotopic (exact) mass is 304 g/mol. The van der Waals surface area contributed by atoms with Gasteiger partial charge in [0.05, 0.1) is 13.4 Å². The Balaban J connectivity index is 2.61. The number of hydrogen-bond acceptors (Lipinski definition) is 4. The van der Waals surface area contributed by atoms with Crippen LogP contribution in [0.5, 0.6) is 5.75 Å². The molecule has 0 spiro atoms. The average molecular weight is 304 g/mol. The van der Waals surface area contributed by atoms with Crippen molar-refractivity contribution in [2.75, 3.05) is 19.9 Å². The van der Waals surface area contributed by atoms with E-state index >= 15 is 0 Å². The largest absolute Gasteiger partial charge is 0.494 e.